The van der Waals surface area contributed by atoms with Crippen LogP contribution >= 0.6 is 11.8 Å². The molecule has 0 amide bonds. The summed E-state index contributed by atoms with van der Waals surface area (Å²) in [5.41, 5.74) is 6.45. The Balaban J connectivity index is 1.69. The van der Waals surface area contributed by atoms with Crippen molar-refractivity contribution in [1.82, 2.24) is 0 Å². The van der Waals surface area contributed by atoms with Gasteiger partial charge in [0, 0.05) is 17.0 Å². The highest BCUT2D eigenvalue weighted by Gasteiger charge is 2.28. The van der Waals surface area contributed by atoms with Crippen LogP contribution in [0.1, 0.15) is 65.2 Å². The zero-order valence-corrected chi connectivity index (χ0v) is 13.1. The van der Waals surface area contributed by atoms with Crippen molar-refractivity contribution in [3.8, 4) is 0 Å². The second kappa shape index (κ2) is 7.19. The van der Waals surface area contributed by atoms with Gasteiger partial charge in [0.15, 0.2) is 0 Å². The van der Waals surface area contributed by atoms with Crippen molar-refractivity contribution < 1.29 is 0 Å². The summed E-state index contributed by atoms with van der Waals surface area (Å²) in [7, 11) is 0. The third-order valence-electron chi connectivity index (χ3n) is 5.32. The quantitative estimate of drug-likeness (QED) is 0.816. The first-order chi connectivity index (χ1) is 8.66. The molecular weight excluding hydrogens is 238 g/mol. The standard InChI is InChI=1S/C16H31NS/c1-12-8-9-14(10-13(12)2)16(17)11-18-15-6-4-3-5-7-15/h12-16H,3-11,17H2,1-2H3. The minimum atomic E-state index is 0.451. The molecule has 2 N–H and O–H groups in total. The molecule has 4 atom stereocenters. The summed E-state index contributed by atoms with van der Waals surface area (Å²) >= 11 is 2.18. The van der Waals surface area contributed by atoms with E-state index in [0.29, 0.717) is 6.04 Å². The van der Waals surface area contributed by atoms with Gasteiger partial charge in [-0.25, -0.2) is 0 Å². The maximum absolute atomic E-state index is 6.45. The lowest BCUT2D eigenvalue weighted by Gasteiger charge is -2.35. The van der Waals surface area contributed by atoms with E-state index >= 15 is 0 Å². The monoisotopic (exact) mass is 269 g/mol. The van der Waals surface area contributed by atoms with Crippen molar-refractivity contribution in [2.24, 2.45) is 23.5 Å². The van der Waals surface area contributed by atoms with Gasteiger partial charge in [-0.1, -0.05) is 39.5 Å². The summed E-state index contributed by atoms with van der Waals surface area (Å²) < 4.78 is 0. The van der Waals surface area contributed by atoms with E-state index in [0.717, 1.165) is 23.0 Å². The summed E-state index contributed by atoms with van der Waals surface area (Å²) in [4.78, 5) is 0. The number of nitrogens with two attached hydrogens (primary N) is 1. The molecule has 2 aliphatic rings. The van der Waals surface area contributed by atoms with Crippen LogP contribution in [-0.2, 0) is 0 Å². The molecule has 0 saturated heterocycles. The number of thioether (sulfide) groups is 1. The van der Waals surface area contributed by atoms with Crippen molar-refractivity contribution in [2.75, 3.05) is 5.75 Å². The highest BCUT2D eigenvalue weighted by molar-refractivity contribution is 7.99. The van der Waals surface area contributed by atoms with Crippen molar-refractivity contribution in [2.45, 2.75) is 76.5 Å². The van der Waals surface area contributed by atoms with E-state index in [1.54, 1.807) is 0 Å². The topological polar surface area (TPSA) is 26.0 Å². The average molecular weight is 269 g/mol. The van der Waals surface area contributed by atoms with Gasteiger partial charge in [0.25, 0.3) is 0 Å². The second-order valence-corrected chi connectivity index (χ2v) is 8.12. The van der Waals surface area contributed by atoms with E-state index in [1.165, 1.54) is 57.1 Å². The van der Waals surface area contributed by atoms with Gasteiger partial charge in [-0.15, -0.1) is 0 Å². The fourth-order valence-corrected chi connectivity index (χ4v) is 5.03. The second-order valence-electron chi connectivity index (χ2n) is 6.78. The van der Waals surface area contributed by atoms with Crippen LogP contribution in [0.4, 0.5) is 0 Å². The van der Waals surface area contributed by atoms with Crippen LogP contribution in [0.2, 0.25) is 0 Å². The van der Waals surface area contributed by atoms with E-state index < -0.39 is 0 Å². The summed E-state index contributed by atoms with van der Waals surface area (Å²) in [6.07, 6.45) is 11.4. The van der Waals surface area contributed by atoms with Gasteiger partial charge in [0.1, 0.15) is 0 Å². The highest BCUT2D eigenvalue weighted by atomic mass is 32.2. The highest BCUT2D eigenvalue weighted by Crippen LogP contribution is 2.36. The van der Waals surface area contributed by atoms with Crippen molar-refractivity contribution in [3.05, 3.63) is 0 Å². The Kier molecular flexibility index (Phi) is 5.88. The van der Waals surface area contributed by atoms with Crippen LogP contribution in [0.15, 0.2) is 0 Å². The first kappa shape index (κ1) is 14.7. The first-order valence-corrected chi connectivity index (χ1v) is 9.09. The minimum absolute atomic E-state index is 0.451. The Bertz CT molecular complexity index is 237. The van der Waals surface area contributed by atoms with E-state index in [2.05, 4.69) is 25.6 Å². The maximum atomic E-state index is 6.45. The summed E-state index contributed by atoms with van der Waals surface area (Å²) in [5.74, 6) is 3.80. The molecule has 0 aromatic carbocycles. The van der Waals surface area contributed by atoms with Gasteiger partial charge in [0.2, 0.25) is 0 Å². The van der Waals surface area contributed by atoms with Crippen molar-refractivity contribution >= 4 is 11.8 Å². The Labute approximate surface area is 118 Å². The molecular formula is C16H31NS. The molecule has 1 nitrogen and oxygen atoms in total. The van der Waals surface area contributed by atoms with Gasteiger partial charge in [-0.3, -0.25) is 0 Å². The third kappa shape index (κ3) is 4.16. The molecule has 2 rings (SSSR count). The molecule has 0 aliphatic heterocycles. The van der Waals surface area contributed by atoms with Gasteiger partial charge in [-0.2, -0.15) is 11.8 Å². The van der Waals surface area contributed by atoms with E-state index in [-0.39, 0.29) is 0 Å². The Hall–Kier alpha value is 0.310. The molecule has 2 aliphatic carbocycles. The molecule has 0 spiro atoms. The molecule has 0 heterocycles. The molecule has 0 radical (unpaired) electrons. The van der Waals surface area contributed by atoms with Crippen LogP contribution in [0, 0.1) is 17.8 Å². The van der Waals surface area contributed by atoms with Crippen LogP contribution in [0.25, 0.3) is 0 Å². The SMILES string of the molecule is CC1CCC(C(N)CSC2CCCCC2)CC1C. The smallest absolute Gasteiger partial charge is 0.0159 e. The zero-order valence-electron chi connectivity index (χ0n) is 12.2. The Morgan fingerprint density at radius 2 is 1.72 bits per heavy atom. The molecule has 106 valence electrons. The molecule has 4 unspecified atom stereocenters. The lowest BCUT2D eigenvalue weighted by atomic mass is 9.74. The fourth-order valence-electron chi connectivity index (χ4n) is 3.59. The predicted octanol–water partition coefficient (Wildman–Crippen LogP) is 4.45. The maximum Gasteiger partial charge on any atom is 0.0159 e. The number of rotatable bonds is 4. The molecule has 0 aromatic rings. The van der Waals surface area contributed by atoms with Crippen LogP contribution in [0.3, 0.4) is 0 Å². The van der Waals surface area contributed by atoms with Crippen LogP contribution in [0.5, 0.6) is 0 Å². The molecule has 18 heavy (non-hydrogen) atoms. The van der Waals surface area contributed by atoms with Crippen molar-refractivity contribution in [3.63, 3.8) is 0 Å². The van der Waals surface area contributed by atoms with E-state index in [9.17, 15) is 0 Å². The molecule has 2 saturated carbocycles. The summed E-state index contributed by atoms with van der Waals surface area (Å²) in [6.45, 7) is 4.82. The number of hydrogen-bond donors (Lipinski definition) is 1. The normalized spacial score (nSPS) is 36.5. The lowest BCUT2D eigenvalue weighted by molar-refractivity contribution is 0.191. The largest absolute Gasteiger partial charge is 0.327 e. The van der Waals surface area contributed by atoms with Gasteiger partial charge < -0.3 is 5.73 Å². The first-order valence-electron chi connectivity index (χ1n) is 8.04. The van der Waals surface area contributed by atoms with Gasteiger partial charge in [0.05, 0.1) is 0 Å². The van der Waals surface area contributed by atoms with Gasteiger partial charge >= 0.3 is 0 Å². The minimum Gasteiger partial charge on any atom is -0.327 e. The molecule has 2 heteroatoms. The van der Waals surface area contributed by atoms with Crippen LogP contribution in [-0.4, -0.2) is 17.0 Å². The summed E-state index contributed by atoms with van der Waals surface area (Å²) in [6, 6.07) is 0.451. The zero-order chi connectivity index (χ0) is 13.0. The van der Waals surface area contributed by atoms with Crippen LogP contribution < -0.4 is 5.73 Å². The van der Waals surface area contributed by atoms with Gasteiger partial charge in [-0.05, 0) is 43.4 Å². The number of hydrogen-bond acceptors (Lipinski definition) is 2. The predicted molar refractivity (Wildman–Crippen MR) is 83.0 cm³/mol. The molecule has 0 aromatic heterocycles. The van der Waals surface area contributed by atoms with E-state index in [4.69, 9.17) is 5.73 Å². The third-order valence-corrected chi connectivity index (χ3v) is 6.84. The molecule has 0 bridgehead atoms. The average Bonchev–Trinajstić information content (AvgIpc) is 2.40. The fraction of sp³-hybridized carbons (Fsp3) is 1.00. The lowest BCUT2D eigenvalue weighted by Crippen LogP contribution is -2.37. The summed E-state index contributed by atoms with van der Waals surface area (Å²) in [5, 5.41) is 0.921. The Morgan fingerprint density at radius 1 is 1.00 bits per heavy atom. The van der Waals surface area contributed by atoms with E-state index in [1.807, 2.05) is 0 Å². The molecule has 2 fully saturated rings. The van der Waals surface area contributed by atoms with Crippen molar-refractivity contribution in [1.29, 1.82) is 0 Å². The Morgan fingerprint density at radius 3 is 2.39 bits per heavy atom.